The van der Waals surface area contributed by atoms with Gasteiger partial charge in [-0.1, -0.05) is 48.0 Å². The van der Waals surface area contributed by atoms with Gasteiger partial charge in [-0.2, -0.15) is 11.8 Å². The Balaban J connectivity index is 5.67. The van der Waals surface area contributed by atoms with E-state index in [1.165, 1.54) is 18.7 Å². The van der Waals surface area contributed by atoms with E-state index in [0.717, 1.165) is 0 Å². The van der Waals surface area contributed by atoms with Crippen LogP contribution in [-0.4, -0.2) is 109 Å². The van der Waals surface area contributed by atoms with Crippen LogP contribution in [-0.2, 0) is 33.6 Å². The van der Waals surface area contributed by atoms with E-state index >= 15 is 0 Å². The second kappa shape index (κ2) is 24.1. The van der Waals surface area contributed by atoms with Gasteiger partial charge in [0, 0.05) is 6.54 Å². The summed E-state index contributed by atoms with van der Waals surface area (Å²) in [5.74, 6) is -5.10. The molecule has 7 atom stereocenters. The quantitative estimate of drug-likeness (QED) is 0.0280. The second-order valence-electron chi connectivity index (χ2n) is 13.1. The molecule has 0 bridgehead atoms. The standard InChI is InChI=1S/C32H61N11O7S/c1-9-18(6)25(31(50)40-21(12-14-51-8)28(47)38-15-22(34)44)43-30(49)24(17(4)5)41-26(45)19(7)39-29(48)23(16(2)3)42-27(46)20(33)11-10-13-37-32(35)36/h16-21,23-25H,9-15,33H2,1-8H3,(H2,34,44)(H,38,47)(H,39,48)(H,40,50)(H,41,45)(H,42,46)(H,43,49)(H4,35,36,37)/t18-,19-,20-,21-,23-,24-,25-/m1/s1. The third-order valence-corrected chi connectivity index (χ3v) is 8.67. The first kappa shape index (κ1) is 46.9. The van der Waals surface area contributed by atoms with Crippen LogP contribution in [0.25, 0.3) is 0 Å². The summed E-state index contributed by atoms with van der Waals surface area (Å²) in [6, 6.07) is -6.17. The fourth-order valence-corrected chi connectivity index (χ4v) is 5.11. The van der Waals surface area contributed by atoms with Gasteiger partial charge in [-0.05, 0) is 55.9 Å². The molecule has 14 N–H and O–H groups in total. The Morgan fingerprint density at radius 2 is 1.18 bits per heavy atom. The van der Waals surface area contributed by atoms with Gasteiger partial charge in [0.15, 0.2) is 5.96 Å². The molecule has 0 aromatic rings. The van der Waals surface area contributed by atoms with Crippen molar-refractivity contribution in [1.82, 2.24) is 31.9 Å². The number of carbonyl (C=O) groups is 7. The number of carbonyl (C=O) groups excluding carboxylic acids is 7. The predicted molar refractivity (Wildman–Crippen MR) is 198 cm³/mol. The molecule has 51 heavy (non-hydrogen) atoms. The highest BCUT2D eigenvalue weighted by atomic mass is 32.2. The van der Waals surface area contributed by atoms with E-state index in [1.54, 1.807) is 34.6 Å². The fraction of sp³-hybridized carbons (Fsp3) is 0.750. The number of amides is 7. The average molecular weight is 744 g/mol. The van der Waals surface area contributed by atoms with E-state index in [4.69, 9.17) is 22.9 Å². The maximum absolute atomic E-state index is 13.6. The lowest BCUT2D eigenvalue weighted by molar-refractivity contribution is -0.136. The molecular formula is C32H61N11O7S. The van der Waals surface area contributed by atoms with Crippen molar-refractivity contribution in [3.63, 3.8) is 0 Å². The van der Waals surface area contributed by atoms with Gasteiger partial charge in [-0.25, -0.2) is 0 Å². The first-order valence-electron chi connectivity index (χ1n) is 17.1. The molecule has 7 amide bonds. The predicted octanol–water partition coefficient (Wildman–Crippen LogP) is -2.48. The molecule has 0 heterocycles. The van der Waals surface area contributed by atoms with Crippen LogP contribution in [0.2, 0.25) is 0 Å². The van der Waals surface area contributed by atoms with Crippen LogP contribution in [0.1, 0.15) is 74.1 Å². The molecule has 0 spiro atoms. The first-order valence-corrected chi connectivity index (χ1v) is 18.5. The Hall–Kier alpha value is -4.13. The lowest BCUT2D eigenvalue weighted by atomic mass is 9.96. The van der Waals surface area contributed by atoms with Gasteiger partial charge >= 0.3 is 0 Å². The van der Waals surface area contributed by atoms with Crippen LogP contribution < -0.4 is 54.8 Å². The van der Waals surface area contributed by atoms with E-state index in [1.807, 2.05) is 13.2 Å². The summed E-state index contributed by atoms with van der Waals surface area (Å²) < 4.78 is 0. The Bertz CT molecular complexity index is 1210. The number of aliphatic imine (C=N–C) groups is 1. The van der Waals surface area contributed by atoms with Crippen LogP contribution in [0.3, 0.4) is 0 Å². The molecule has 0 saturated heterocycles. The maximum Gasteiger partial charge on any atom is 0.243 e. The summed E-state index contributed by atoms with van der Waals surface area (Å²) in [5, 5.41) is 15.7. The minimum Gasteiger partial charge on any atom is -0.370 e. The zero-order chi connectivity index (χ0) is 39.4. The third kappa shape index (κ3) is 18.1. The maximum atomic E-state index is 13.6. The SMILES string of the molecule is CC[C@@H](C)[C@@H](NC(=O)[C@H](NC(=O)[C@@H](C)NC(=O)[C@H](NC(=O)[C@H](N)CCCN=C(N)N)C(C)C)C(C)C)C(=O)N[C@H](CCSC)C(=O)NCC(N)=O. The molecule has 0 aliphatic rings. The third-order valence-electron chi connectivity index (χ3n) is 8.02. The normalized spacial score (nSPS) is 15.2. The van der Waals surface area contributed by atoms with Crippen molar-refractivity contribution >= 4 is 59.1 Å². The van der Waals surface area contributed by atoms with Crippen molar-refractivity contribution < 1.29 is 33.6 Å². The lowest BCUT2D eigenvalue weighted by Crippen LogP contribution is -2.61. The number of primary amides is 1. The van der Waals surface area contributed by atoms with E-state index in [9.17, 15) is 33.6 Å². The number of nitrogens with one attached hydrogen (secondary N) is 6. The fourth-order valence-electron chi connectivity index (χ4n) is 4.64. The van der Waals surface area contributed by atoms with Crippen LogP contribution in [0.4, 0.5) is 0 Å². The van der Waals surface area contributed by atoms with Crippen molar-refractivity contribution in [3.05, 3.63) is 0 Å². The van der Waals surface area contributed by atoms with Gasteiger partial charge in [0.2, 0.25) is 41.4 Å². The topological polar surface area (TPSA) is 308 Å². The largest absolute Gasteiger partial charge is 0.370 e. The van der Waals surface area contributed by atoms with Crippen molar-refractivity contribution in [2.24, 2.45) is 45.7 Å². The molecule has 0 saturated carbocycles. The molecule has 0 aliphatic heterocycles. The van der Waals surface area contributed by atoms with E-state index in [0.29, 0.717) is 25.1 Å². The Morgan fingerprint density at radius 3 is 1.67 bits per heavy atom. The monoisotopic (exact) mass is 743 g/mol. The van der Waals surface area contributed by atoms with E-state index in [2.05, 4.69) is 36.9 Å². The van der Waals surface area contributed by atoms with Crippen LogP contribution >= 0.6 is 11.8 Å². The van der Waals surface area contributed by atoms with Gasteiger partial charge in [-0.15, -0.1) is 0 Å². The zero-order valence-corrected chi connectivity index (χ0v) is 32.0. The van der Waals surface area contributed by atoms with Crippen molar-refractivity contribution in [1.29, 1.82) is 0 Å². The summed E-state index contributed by atoms with van der Waals surface area (Å²) in [6.07, 6.45) is 3.33. The minimum atomic E-state index is -1.11. The van der Waals surface area contributed by atoms with Gasteiger partial charge in [0.05, 0.1) is 12.6 Å². The summed E-state index contributed by atoms with van der Waals surface area (Å²) >= 11 is 1.46. The smallest absolute Gasteiger partial charge is 0.243 e. The molecule has 0 aromatic carbocycles. The Kier molecular flexibility index (Phi) is 22.2. The second-order valence-corrected chi connectivity index (χ2v) is 14.1. The summed E-state index contributed by atoms with van der Waals surface area (Å²) in [4.78, 5) is 93.9. The van der Waals surface area contributed by atoms with Gasteiger partial charge < -0.3 is 54.8 Å². The lowest BCUT2D eigenvalue weighted by Gasteiger charge is -2.30. The highest BCUT2D eigenvalue weighted by Gasteiger charge is 2.35. The summed E-state index contributed by atoms with van der Waals surface area (Å²) in [5.41, 5.74) is 21.7. The zero-order valence-electron chi connectivity index (χ0n) is 31.2. The van der Waals surface area contributed by atoms with Crippen molar-refractivity contribution in [2.45, 2.75) is 110 Å². The molecule has 18 nitrogen and oxygen atoms in total. The number of nitrogens with zero attached hydrogens (tertiary/aromatic N) is 1. The van der Waals surface area contributed by atoms with Crippen molar-refractivity contribution in [2.75, 3.05) is 25.1 Å². The summed E-state index contributed by atoms with van der Waals surface area (Å²) in [7, 11) is 0. The molecule has 19 heteroatoms. The van der Waals surface area contributed by atoms with Gasteiger partial charge in [-0.3, -0.25) is 38.6 Å². The molecule has 0 aromatic heterocycles. The average Bonchev–Trinajstić information content (AvgIpc) is 3.05. The molecule has 0 aliphatic carbocycles. The number of hydrogen-bond donors (Lipinski definition) is 10. The molecule has 0 fully saturated rings. The highest BCUT2D eigenvalue weighted by molar-refractivity contribution is 7.98. The molecule has 0 rings (SSSR count). The number of nitrogens with two attached hydrogens (primary N) is 4. The van der Waals surface area contributed by atoms with Crippen LogP contribution in [0.5, 0.6) is 0 Å². The van der Waals surface area contributed by atoms with Crippen molar-refractivity contribution in [3.8, 4) is 0 Å². The summed E-state index contributed by atoms with van der Waals surface area (Å²) in [6.45, 7) is 11.8. The molecular weight excluding hydrogens is 682 g/mol. The number of thioether (sulfide) groups is 1. The van der Waals surface area contributed by atoms with E-state index in [-0.39, 0.29) is 30.6 Å². The number of hydrogen-bond acceptors (Lipinski definition) is 10. The molecule has 0 radical (unpaired) electrons. The number of guanidine groups is 1. The minimum absolute atomic E-state index is 0.0702. The van der Waals surface area contributed by atoms with Crippen LogP contribution in [0.15, 0.2) is 4.99 Å². The first-order chi connectivity index (χ1) is 23.8. The van der Waals surface area contributed by atoms with Gasteiger partial charge in [0.1, 0.15) is 30.2 Å². The molecule has 292 valence electrons. The molecule has 0 unspecified atom stereocenters. The number of rotatable bonds is 24. The Labute approximate surface area is 305 Å². The Morgan fingerprint density at radius 1 is 0.667 bits per heavy atom. The highest BCUT2D eigenvalue weighted by Crippen LogP contribution is 2.12. The van der Waals surface area contributed by atoms with E-state index < -0.39 is 90.1 Å². The van der Waals surface area contributed by atoms with Gasteiger partial charge in [0.25, 0.3) is 0 Å². The van der Waals surface area contributed by atoms with Crippen LogP contribution in [0, 0.1) is 17.8 Å².